The molecule has 34 heavy (non-hydrogen) atoms. The Labute approximate surface area is 202 Å². The molecule has 0 aliphatic carbocycles. The van der Waals surface area contributed by atoms with Crippen LogP contribution in [-0.4, -0.2) is 30.3 Å². The highest BCUT2D eigenvalue weighted by atomic mass is 32.2. The lowest BCUT2D eigenvalue weighted by Gasteiger charge is -2.12. The minimum absolute atomic E-state index is 0.0493. The standard InChI is InChI=1S/C24H23FN4O3S2/c1-17-3-9-20(10-4-17)29-23(15-26-34(30,31)22-13-11-21(32-2)12-14-22)27-28-24(29)33-16-18-5-7-19(25)8-6-18/h3-14,26H,15-16H2,1-2H3. The van der Waals surface area contributed by atoms with Crippen LogP contribution in [-0.2, 0) is 22.3 Å². The van der Waals surface area contributed by atoms with Gasteiger partial charge in [-0.1, -0.05) is 41.6 Å². The summed E-state index contributed by atoms with van der Waals surface area (Å²) in [6.45, 7) is 1.94. The maximum atomic E-state index is 13.2. The monoisotopic (exact) mass is 498 g/mol. The van der Waals surface area contributed by atoms with Gasteiger partial charge in [-0.15, -0.1) is 10.2 Å². The Morgan fingerprint density at radius 1 is 0.971 bits per heavy atom. The van der Waals surface area contributed by atoms with Crippen molar-refractivity contribution in [2.75, 3.05) is 7.11 Å². The quantitative estimate of drug-likeness (QED) is 0.342. The van der Waals surface area contributed by atoms with Crippen LogP contribution < -0.4 is 9.46 Å². The molecule has 1 heterocycles. The van der Waals surface area contributed by atoms with Crippen LogP contribution in [0.2, 0.25) is 0 Å². The number of hydrogen-bond acceptors (Lipinski definition) is 6. The highest BCUT2D eigenvalue weighted by molar-refractivity contribution is 7.98. The van der Waals surface area contributed by atoms with Crippen molar-refractivity contribution in [1.29, 1.82) is 0 Å². The second kappa shape index (κ2) is 10.4. The van der Waals surface area contributed by atoms with Crippen LogP contribution in [0.4, 0.5) is 4.39 Å². The first-order valence-corrected chi connectivity index (χ1v) is 12.8. The molecule has 0 aliphatic rings. The van der Waals surface area contributed by atoms with Gasteiger partial charge >= 0.3 is 0 Å². The number of hydrogen-bond donors (Lipinski definition) is 1. The van der Waals surface area contributed by atoms with Crippen LogP contribution in [0.15, 0.2) is 82.8 Å². The molecule has 0 saturated carbocycles. The molecule has 0 radical (unpaired) electrons. The topological polar surface area (TPSA) is 86.1 Å². The summed E-state index contributed by atoms with van der Waals surface area (Å²) in [7, 11) is -2.25. The Morgan fingerprint density at radius 3 is 2.29 bits per heavy atom. The number of thioether (sulfide) groups is 1. The summed E-state index contributed by atoms with van der Waals surface area (Å²) in [5.41, 5.74) is 2.85. The molecule has 1 N–H and O–H groups in total. The highest BCUT2D eigenvalue weighted by Gasteiger charge is 2.19. The Kier molecular flexibility index (Phi) is 7.30. The smallest absolute Gasteiger partial charge is 0.240 e. The van der Waals surface area contributed by atoms with Crippen LogP contribution in [0.1, 0.15) is 17.0 Å². The normalized spacial score (nSPS) is 11.5. The number of nitrogens with one attached hydrogen (secondary N) is 1. The van der Waals surface area contributed by atoms with Gasteiger partial charge in [0.25, 0.3) is 0 Å². The number of ether oxygens (including phenoxy) is 1. The van der Waals surface area contributed by atoms with Gasteiger partial charge in [0, 0.05) is 11.4 Å². The maximum absolute atomic E-state index is 13.2. The van der Waals surface area contributed by atoms with E-state index in [2.05, 4.69) is 14.9 Å². The molecule has 4 rings (SSSR count). The molecule has 0 bridgehead atoms. The van der Waals surface area contributed by atoms with Crippen LogP contribution in [0, 0.1) is 12.7 Å². The van der Waals surface area contributed by atoms with E-state index in [1.165, 1.54) is 43.1 Å². The maximum Gasteiger partial charge on any atom is 0.240 e. The first kappa shape index (κ1) is 23.9. The van der Waals surface area contributed by atoms with E-state index >= 15 is 0 Å². The first-order valence-electron chi connectivity index (χ1n) is 10.4. The Hall–Kier alpha value is -3.21. The molecular weight excluding hydrogens is 475 g/mol. The predicted molar refractivity (Wildman–Crippen MR) is 129 cm³/mol. The number of aryl methyl sites for hydroxylation is 1. The predicted octanol–water partition coefficient (Wildman–Crippen LogP) is 4.49. The Balaban J connectivity index is 1.58. The highest BCUT2D eigenvalue weighted by Crippen LogP contribution is 2.26. The number of benzene rings is 3. The zero-order chi connectivity index (χ0) is 24.1. The van der Waals surface area contributed by atoms with Gasteiger partial charge < -0.3 is 4.74 Å². The number of halogens is 1. The number of nitrogens with zero attached hydrogens (tertiary/aromatic N) is 3. The molecule has 176 valence electrons. The molecule has 0 unspecified atom stereocenters. The van der Waals surface area contributed by atoms with Gasteiger partial charge in [0.15, 0.2) is 11.0 Å². The lowest BCUT2D eigenvalue weighted by molar-refractivity contribution is 0.414. The van der Waals surface area contributed by atoms with E-state index in [9.17, 15) is 12.8 Å². The molecule has 0 atom stereocenters. The first-order chi connectivity index (χ1) is 16.4. The minimum atomic E-state index is -3.77. The van der Waals surface area contributed by atoms with E-state index in [-0.39, 0.29) is 17.3 Å². The van der Waals surface area contributed by atoms with Gasteiger partial charge in [0.2, 0.25) is 10.0 Å². The number of sulfonamides is 1. The van der Waals surface area contributed by atoms with Crippen molar-refractivity contribution >= 4 is 21.8 Å². The summed E-state index contributed by atoms with van der Waals surface area (Å²) in [6.07, 6.45) is 0. The molecule has 4 aromatic rings. The fraction of sp³-hybridized carbons (Fsp3) is 0.167. The van der Waals surface area contributed by atoms with Crippen molar-refractivity contribution < 1.29 is 17.5 Å². The Bertz CT molecular complexity index is 1360. The molecule has 0 aliphatic heterocycles. The third-order valence-electron chi connectivity index (χ3n) is 5.06. The molecule has 0 saturated heterocycles. The van der Waals surface area contributed by atoms with Gasteiger partial charge in [-0.3, -0.25) is 4.57 Å². The van der Waals surface area contributed by atoms with Gasteiger partial charge in [-0.2, -0.15) is 0 Å². The molecule has 0 amide bonds. The minimum Gasteiger partial charge on any atom is -0.497 e. The van der Waals surface area contributed by atoms with E-state index in [0.717, 1.165) is 16.8 Å². The van der Waals surface area contributed by atoms with E-state index in [0.29, 0.717) is 22.5 Å². The average molecular weight is 499 g/mol. The summed E-state index contributed by atoms with van der Waals surface area (Å²) >= 11 is 1.44. The van der Waals surface area contributed by atoms with Crippen LogP contribution in [0.5, 0.6) is 5.75 Å². The van der Waals surface area contributed by atoms with E-state index in [1.54, 1.807) is 24.3 Å². The van der Waals surface area contributed by atoms with Gasteiger partial charge in [-0.05, 0) is 61.0 Å². The third-order valence-corrected chi connectivity index (χ3v) is 7.48. The largest absolute Gasteiger partial charge is 0.497 e. The van der Waals surface area contributed by atoms with Crippen molar-refractivity contribution in [1.82, 2.24) is 19.5 Å². The van der Waals surface area contributed by atoms with Crippen molar-refractivity contribution in [3.63, 3.8) is 0 Å². The fourth-order valence-electron chi connectivity index (χ4n) is 3.19. The molecule has 0 fully saturated rings. The summed E-state index contributed by atoms with van der Waals surface area (Å²) < 4.78 is 48.3. The van der Waals surface area contributed by atoms with Crippen LogP contribution in [0.25, 0.3) is 5.69 Å². The summed E-state index contributed by atoms with van der Waals surface area (Å²) in [6, 6.07) is 20.2. The van der Waals surface area contributed by atoms with Gasteiger partial charge in [0.05, 0.1) is 18.6 Å². The van der Waals surface area contributed by atoms with E-state index < -0.39 is 10.0 Å². The average Bonchev–Trinajstić information content (AvgIpc) is 3.26. The molecule has 0 spiro atoms. The lowest BCUT2D eigenvalue weighted by atomic mass is 10.2. The molecular formula is C24H23FN4O3S2. The Morgan fingerprint density at radius 2 is 1.65 bits per heavy atom. The summed E-state index contributed by atoms with van der Waals surface area (Å²) in [4.78, 5) is 0.126. The van der Waals surface area contributed by atoms with Crippen molar-refractivity contribution in [3.8, 4) is 11.4 Å². The van der Waals surface area contributed by atoms with Gasteiger partial charge in [-0.25, -0.2) is 17.5 Å². The van der Waals surface area contributed by atoms with Crippen molar-refractivity contribution in [2.24, 2.45) is 0 Å². The van der Waals surface area contributed by atoms with Crippen LogP contribution in [0.3, 0.4) is 0 Å². The SMILES string of the molecule is COc1ccc(S(=O)(=O)NCc2nnc(SCc3ccc(F)cc3)n2-c2ccc(C)cc2)cc1. The zero-order valence-electron chi connectivity index (χ0n) is 18.6. The van der Waals surface area contributed by atoms with E-state index in [1.807, 2.05) is 35.8 Å². The number of methoxy groups -OCH3 is 1. The summed E-state index contributed by atoms with van der Waals surface area (Å²) in [5, 5.41) is 9.15. The zero-order valence-corrected chi connectivity index (χ0v) is 20.2. The lowest BCUT2D eigenvalue weighted by Crippen LogP contribution is -2.25. The number of aromatic nitrogens is 3. The molecule has 10 heteroatoms. The van der Waals surface area contributed by atoms with Crippen molar-refractivity contribution in [3.05, 3.63) is 95.6 Å². The van der Waals surface area contributed by atoms with E-state index in [4.69, 9.17) is 4.74 Å². The fourth-order valence-corrected chi connectivity index (χ4v) is 5.09. The second-order valence-corrected chi connectivity index (χ2v) is 10.2. The molecule has 1 aromatic heterocycles. The number of rotatable bonds is 9. The molecule has 3 aromatic carbocycles. The van der Waals surface area contributed by atoms with Crippen LogP contribution >= 0.6 is 11.8 Å². The van der Waals surface area contributed by atoms with Gasteiger partial charge in [0.1, 0.15) is 11.6 Å². The van der Waals surface area contributed by atoms with Crippen molar-refractivity contribution in [2.45, 2.75) is 29.3 Å². The summed E-state index contributed by atoms with van der Waals surface area (Å²) in [5.74, 6) is 1.29. The third kappa shape index (κ3) is 5.64. The molecule has 7 nitrogen and oxygen atoms in total. The second-order valence-electron chi connectivity index (χ2n) is 7.48.